The molecule has 0 aromatic heterocycles. The number of unbranched alkanes of at least 4 members (excludes halogenated alkanes) is 1. The summed E-state index contributed by atoms with van der Waals surface area (Å²) < 4.78 is 17.4. The van der Waals surface area contributed by atoms with Crippen LogP contribution in [0.15, 0.2) is 46.0 Å². The summed E-state index contributed by atoms with van der Waals surface area (Å²) in [6.07, 6.45) is 3.49. The smallest absolute Gasteiger partial charge is 0.262 e. The van der Waals surface area contributed by atoms with Crippen LogP contribution in [0.3, 0.4) is 0 Å². The monoisotopic (exact) mass is 547 g/mol. The van der Waals surface area contributed by atoms with Crippen molar-refractivity contribution in [2.24, 2.45) is 11.0 Å². The number of halogens is 1. The van der Waals surface area contributed by atoms with Gasteiger partial charge in [-0.05, 0) is 77.2 Å². The highest BCUT2D eigenvalue weighted by molar-refractivity contribution is 9.10. The molecule has 0 saturated carbocycles. The molecule has 35 heavy (non-hydrogen) atoms. The highest BCUT2D eigenvalue weighted by Gasteiger charge is 2.24. The van der Waals surface area contributed by atoms with Crippen molar-refractivity contribution in [2.45, 2.75) is 46.6 Å². The SMILES string of the molecule is CCCCOc1c(Br)cc(C=NNC(=O)C(NC(=O)c2ccc(OC)cc2)C(C)C)cc1OCC. The Balaban J connectivity index is 2.08. The van der Waals surface area contributed by atoms with Gasteiger partial charge in [0.25, 0.3) is 11.8 Å². The van der Waals surface area contributed by atoms with Crippen LogP contribution in [0.25, 0.3) is 0 Å². The van der Waals surface area contributed by atoms with Crippen LogP contribution in [0, 0.1) is 5.92 Å². The number of rotatable bonds is 13. The van der Waals surface area contributed by atoms with Crippen LogP contribution in [-0.4, -0.2) is 44.4 Å². The molecule has 0 saturated heterocycles. The van der Waals surface area contributed by atoms with Gasteiger partial charge in [0.1, 0.15) is 11.8 Å². The first kappa shape index (κ1) is 28.2. The van der Waals surface area contributed by atoms with Gasteiger partial charge in [-0.2, -0.15) is 5.10 Å². The molecule has 0 spiro atoms. The van der Waals surface area contributed by atoms with Crippen molar-refractivity contribution in [1.82, 2.24) is 10.7 Å². The largest absolute Gasteiger partial charge is 0.497 e. The van der Waals surface area contributed by atoms with E-state index in [-0.39, 0.29) is 11.8 Å². The van der Waals surface area contributed by atoms with Crippen molar-refractivity contribution < 1.29 is 23.8 Å². The molecule has 0 aliphatic rings. The number of nitrogens with one attached hydrogen (secondary N) is 2. The number of amides is 2. The van der Waals surface area contributed by atoms with Gasteiger partial charge in [0.05, 0.1) is 31.0 Å². The molecule has 0 radical (unpaired) electrons. The van der Waals surface area contributed by atoms with Gasteiger partial charge in [-0.25, -0.2) is 5.43 Å². The number of carbonyl (C=O) groups is 2. The molecule has 2 aromatic carbocycles. The van der Waals surface area contributed by atoms with Crippen LogP contribution in [0.2, 0.25) is 0 Å². The lowest BCUT2D eigenvalue weighted by molar-refractivity contribution is -0.123. The minimum absolute atomic E-state index is 0.148. The second-order valence-electron chi connectivity index (χ2n) is 8.12. The first-order valence-corrected chi connectivity index (χ1v) is 12.5. The summed E-state index contributed by atoms with van der Waals surface area (Å²) >= 11 is 3.53. The molecule has 0 fully saturated rings. The molecule has 2 N–H and O–H groups in total. The lowest BCUT2D eigenvalue weighted by atomic mass is 10.0. The predicted octanol–water partition coefficient (Wildman–Crippen LogP) is 4.94. The molecular formula is C26H34BrN3O5. The molecule has 2 aromatic rings. The molecule has 1 unspecified atom stereocenters. The van der Waals surface area contributed by atoms with Gasteiger partial charge >= 0.3 is 0 Å². The van der Waals surface area contributed by atoms with E-state index in [4.69, 9.17) is 14.2 Å². The standard InChI is InChI=1S/C26H34BrN3O5/c1-6-8-13-35-24-21(27)14-18(15-22(24)34-7-2)16-28-30-26(32)23(17(3)4)29-25(31)19-9-11-20(33-5)12-10-19/h9-12,14-17,23H,6-8,13H2,1-5H3,(H,29,31)(H,30,32). The van der Waals surface area contributed by atoms with E-state index < -0.39 is 11.9 Å². The molecule has 1 atom stereocenters. The van der Waals surface area contributed by atoms with Gasteiger partial charge in [0, 0.05) is 5.56 Å². The maximum Gasteiger partial charge on any atom is 0.262 e. The molecule has 0 aliphatic carbocycles. The van der Waals surface area contributed by atoms with Gasteiger partial charge in [-0.15, -0.1) is 0 Å². The lowest BCUT2D eigenvalue weighted by Crippen LogP contribution is -2.48. The van der Waals surface area contributed by atoms with E-state index in [1.165, 1.54) is 6.21 Å². The van der Waals surface area contributed by atoms with Crippen LogP contribution in [0.1, 0.15) is 56.5 Å². The molecule has 0 bridgehead atoms. The molecule has 0 heterocycles. The van der Waals surface area contributed by atoms with Crippen molar-refractivity contribution >= 4 is 34.0 Å². The normalized spacial score (nSPS) is 11.9. The molecule has 190 valence electrons. The van der Waals surface area contributed by atoms with Gasteiger partial charge in [0.2, 0.25) is 0 Å². The zero-order chi connectivity index (χ0) is 25.8. The topological polar surface area (TPSA) is 98.2 Å². The predicted molar refractivity (Wildman–Crippen MR) is 141 cm³/mol. The third-order valence-electron chi connectivity index (χ3n) is 5.05. The van der Waals surface area contributed by atoms with Crippen molar-refractivity contribution in [3.8, 4) is 17.2 Å². The highest BCUT2D eigenvalue weighted by atomic mass is 79.9. The first-order valence-electron chi connectivity index (χ1n) is 11.7. The number of carbonyl (C=O) groups excluding carboxylic acids is 2. The number of hydrazone groups is 1. The summed E-state index contributed by atoms with van der Waals surface area (Å²) in [7, 11) is 1.56. The summed E-state index contributed by atoms with van der Waals surface area (Å²) in [6.45, 7) is 8.78. The quantitative estimate of drug-likeness (QED) is 0.210. The zero-order valence-corrected chi connectivity index (χ0v) is 22.5. The zero-order valence-electron chi connectivity index (χ0n) is 20.9. The summed E-state index contributed by atoms with van der Waals surface area (Å²) in [5.74, 6) is 0.968. The summed E-state index contributed by atoms with van der Waals surface area (Å²) in [6, 6.07) is 9.55. The van der Waals surface area contributed by atoms with Crippen LogP contribution in [-0.2, 0) is 4.79 Å². The van der Waals surface area contributed by atoms with Gasteiger partial charge < -0.3 is 19.5 Å². The average Bonchev–Trinajstić information content (AvgIpc) is 2.84. The fourth-order valence-electron chi connectivity index (χ4n) is 3.13. The van der Waals surface area contributed by atoms with Gasteiger partial charge in [-0.1, -0.05) is 27.2 Å². The Morgan fingerprint density at radius 3 is 2.43 bits per heavy atom. The van der Waals surface area contributed by atoms with Crippen LogP contribution < -0.4 is 25.0 Å². The second-order valence-corrected chi connectivity index (χ2v) is 8.98. The maximum atomic E-state index is 12.8. The molecule has 2 rings (SSSR count). The number of methoxy groups -OCH3 is 1. The minimum atomic E-state index is -0.762. The van der Waals surface area contributed by atoms with Gasteiger partial charge in [0.15, 0.2) is 11.5 Å². The van der Waals surface area contributed by atoms with Crippen molar-refractivity contribution in [2.75, 3.05) is 20.3 Å². The number of hydrogen-bond donors (Lipinski definition) is 2. The van der Waals surface area contributed by atoms with E-state index in [1.807, 2.05) is 26.8 Å². The molecule has 2 amide bonds. The number of benzene rings is 2. The average molecular weight is 548 g/mol. The lowest BCUT2D eigenvalue weighted by Gasteiger charge is -2.20. The summed E-state index contributed by atoms with van der Waals surface area (Å²) in [5.41, 5.74) is 3.67. The van der Waals surface area contributed by atoms with Crippen LogP contribution in [0.4, 0.5) is 0 Å². The molecule has 9 heteroatoms. The third kappa shape index (κ3) is 8.58. The Bertz CT molecular complexity index is 1010. The van der Waals surface area contributed by atoms with E-state index in [1.54, 1.807) is 37.4 Å². The van der Waals surface area contributed by atoms with Crippen molar-refractivity contribution in [3.05, 3.63) is 52.0 Å². The van der Waals surface area contributed by atoms with E-state index in [9.17, 15) is 9.59 Å². The number of hydrogen-bond acceptors (Lipinski definition) is 6. The fourth-order valence-corrected chi connectivity index (χ4v) is 3.70. The fraction of sp³-hybridized carbons (Fsp3) is 0.423. The second kappa shape index (κ2) is 14.4. The highest BCUT2D eigenvalue weighted by Crippen LogP contribution is 2.36. The summed E-state index contributed by atoms with van der Waals surface area (Å²) in [5, 5.41) is 6.86. The van der Waals surface area contributed by atoms with Crippen LogP contribution >= 0.6 is 15.9 Å². The van der Waals surface area contributed by atoms with Crippen LogP contribution in [0.5, 0.6) is 17.2 Å². The number of ether oxygens (including phenoxy) is 3. The van der Waals surface area contributed by atoms with Gasteiger partial charge in [-0.3, -0.25) is 9.59 Å². The summed E-state index contributed by atoms with van der Waals surface area (Å²) in [4.78, 5) is 25.4. The van der Waals surface area contributed by atoms with E-state index in [2.05, 4.69) is 38.7 Å². The molecule has 0 aliphatic heterocycles. The Kier molecular flexibility index (Phi) is 11.6. The Hall–Kier alpha value is -3.07. The van der Waals surface area contributed by atoms with Crippen molar-refractivity contribution in [1.29, 1.82) is 0 Å². The van der Waals surface area contributed by atoms with E-state index >= 15 is 0 Å². The van der Waals surface area contributed by atoms with Crippen molar-refractivity contribution in [3.63, 3.8) is 0 Å². The Morgan fingerprint density at radius 1 is 1.11 bits per heavy atom. The van der Waals surface area contributed by atoms with E-state index in [0.717, 1.165) is 17.3 Å². The minimum Gasteiger partial charge on any atom is -0.497 e. The maximum absolute atomic E-state index is 12.8. The Morgan fingerprint density at radius 2 is 1.83 bits per heavy atom. The Labute approximate surface area is 215 Å². The number of nitrogens with zero attached hydrogens (tertiary/aromatic N) is 1. The third-order valence-corrected chi connectivity index (χ3v) is 5.64. The van der Waals surface area contributed by atoms with E-state index in [0.29, 0.717) is 41.6 Å². The first-order chi connectivity index (χ1) is 16.8. The molecular weight excluding hydrogens is 514 g/mol. The molecule has 8 nitrogen and oxygen atoms in total.